The monoisotopic (exact) mass is 326 g/mol. The molecule has 102 valence electrons. The molecule has 1 aromatic rings. The highest BCUT2D eigenvalue weighted by atomic mass is 79.9. The van der Waals surface area contributed by atoms with Crippen LogP contribution in [0.2, 0.25) is 0 Å². The van der Waals surface area contributed by atoms with Crippen molar-refractivity contribution in [3.63, 3.8) is 0 Å². The summed E-state index contributed by atoms with van der Waals surface area (Å²) in [6.45, 7) is 1.25. The molecular formula is C12H15BrN4O2. The lowest BCUT2D eigenvalue weighted by atomic mass is 10.2. The molecule has 2 amide bonds. The van der Waals surface area contributed by atoms with Gasteiger partial charge in [-0.15, -0.1) is 0 Å². The van der Waals surface area contributed by atoms with E-state index in [0.29, 0.717) is 23.4 Å². The predicted octanol–water partition coefficient (Wildman–Crippen LogP) is 0.913. The molecule has 0 aromatic carbocycles. The van der Waals surface area contributed by atoms with Crippen LogP contribution in [0.3, 0.4) is 0 Å². The first kappa shape index (κ1) is 12.7. The summed E-state index contributed by atoms with van der Waals surface area (Å²) in [5.74, 6) is 0.290. The highest BCUT2D eigenvalue weighted by molar-refractivity contribution is 9.10. The molecule has 3 rings (SSSR count). The second-order valence-corrected chi connectivity index (χ2v) is 5.94. The number of aromatic amines is 1. The number of hydrogen-bond acceptors (Lipinski definition) is 3. The van der Waals surface area contributed by atoms with Crippen LogP contribution in [0.1, 0.15) is 29.8 Å². The number of halogens is 1. The van der Waals surface area contributed by atoms with Crippen molar-refractivity contribution in [1.29, 1.82) is 0 Å². The first-order valence-corrected chi connectivity index (χ1v) is 7.23. The van der Waals surface area contributed by atoms with Gasteiger partial charge in [0.15, 0.2) is 0 Å². The number of rotatable bonds is 3. The van der Waals surface area contributed by atoms with Crippen molar-refractivity contribution in [2.75, 3.05) is 13.1 Å². The Kier molecular flexibility index (Phi) is 3.30. The SMILES string of the molecule is O=C(NC1CCN(C(=O)c2cc(Br)n[nH]2)C1)C1CC1. The lowest BCUT2D eigenvalue weighted by molar-refractivity contribution is -0.122. The van der Waals surface area contributed by atoms with Gasteiger partial charge in [0.1, 0.15) is 10.3 Å². The molecule has 1 unspecified atom stereocenters. The average molecular weight is 327 g/mol. The van der Waals surface area contributed by atoms with Gasteiger partial charge < -0.3 is 10.2 Å². The maximum absolute atomic E-state index is 12.2. The Labute approximate surface area is 119 Å². The summed E-state index contributed by atoms with van der Waals surface area (Å²) in [5, 5.41) is 9.59. The van der Waals surface area contributed by atoms with Gasteiger partial charge in [-0.3, -0.25) is 14.7 Å². The summed E-state index contributed by atoms with van der Waals surface area (Å²) in [6.07, 6.45) is 2.83. The number of nitrogens with one attached hydrogen (secondary N) is 2. The maximum atomic E-state index is 12.2. The Morgan fingerprint density at radius 1 is 1.42 bits per heavy atom. The Bertz CT molecular complexity index is 512. The van der Waals surface area contributed by atoms with Gasteiger partial charge in [-0.2, -0.15) is 5.10 Å². The fourth-order valence-corrected chi connectivity index (χ4v) is 2.62. The van der Waals surface area contributed by atoms with Gasteiger partial charge in [0.25, 0.3) is 5.91 Å². The summed E-state index contributed by atoms with van der Waals surface area (Å²) in [6, 6.07) is 1.75. The van der Waals surface area contributed by atoms with Gasteiger partial charge >= 0.3 is 0 Å². The minimum atomic E-state index is -0.0682. The van der Waals surface area contributed by atoms with Crippen LogP contribution in [-0.2, 0) is 4.79 Å². The molecule has 19 heavy (non-hydrogen) atoms. The zero-order chi connectivity index (χ0) is 13.4. The quantitative estimate of drug-likeness (QED) is 0.866. The normalized spacial score (nSPS) is 22.6. The zero-order valence-corrected chi connectivity index (χ0v) is 11.9. The van der Waals surface area contributed by atoms with Crippen molar-refractivity contribution in [3.05, 3.63) is 16.4 Å². The van der Waals surface area contributed by atoms with E-state index in [9.17, 15) is 9.59 Å². The molecule has 2 fully saturated rings. The zero-order valence-electron chi connectivity index (χ0n) is 10.4. The first-order chi connectivity index (χ1) is 9.13. The van der Waals surface area contributed by atoms with E-state index in [1.54, 1.807) is 11.0 Å². The van der Waals surface area contributed by atoms with E-state index < -0.39 is 0 Å². The lowest BCUT2D eigenvalue weighted by Gasteiger charge is -2.16. The maximum Gasteiger partial charge on any atom is 0.271 e. The molecule has 2 N–H and O–H groups in total. The van der Waals surface area contributed by atoms with E-state index in [4.69, 9.17) is 0 Å². The largest absolute Gasteiger partial charge is 0.351 e. The molecule has 0 spiro atoms. The Morgan fingerprint density at radius 2 is 2.21 bits per heavy atom. The molecule has 0 radical (unpaired) electrons. The highest BCUT2D eigenvalue weighted by Gasteiger charge is 2.34. The van der Waals surface area contributed by atoms with Crippen molar-refractivity contribution >= 4 is 27.7 Å². The number of amides is 2. The van der Waals surface area contributed by atoms with Crippen molar-refractivity contribution in [3.8, 4) is 0 Å². The number of likely N-dealkylation sites (tertiary alicyclic amines) is 1. The van der Waals surface area contributed by atoms with Crippen LogP contribution in [0.5, 0.6) is 0 Å². The molecule has 1 atom stereocenters. The molecule has 1 aromatic heterocycles. The lowest BCUT2D eigenvalue weighted by Crippen LogP contribution is -2.39. The minimum absolute atomic E-state index is 0.0682. The van der Waals surface area contributed by atoms with Gasteiger partial charge in [-0.05, 0) is 35.2 Å². The summed E-state index contributed by atoms with van der Waals surface area (Å²) in [7, 11) is 0. The van der Waals surface area contributed by atoms with Crippen molar-refractivity contribution in [2.45, 2.75) is 25.3 Å². The molecule has 6 nitrogen and oxygen atoms in total. The Balaban J connectivity index is 1.56. The molecule has 1 saturated carbocycles. The van der Waals surface area contributed by atoms with E-state index in [0.717, 1.165) is 19.3 Å². The van der Waals surface area contributed by atoms with Crippen molar-refractivity contribution in [1.82, 2.24) is 20.4 Å². The minimum Gasteiger partial charge on any atom is -0.351 e. The van der Waals surface area contributed by atoms with Crippen LogP contribution >= 0.6 is 15.9 Å². The predicted molar refractivity (Wildman–Crippen MR) is 71.5 cm³/mol. The van der Waals surface area contributed by atoms with E-state index in [1.807, 2.05) is 0 Å². The standard InChI is InChI=1S/C12H15BrN4O2/c13-10-5-9(15-16-10)12(19)17-4-3-8(6-17)14-11(18)7-1-2-7/h5,7-8H,1-4,6H2,(H,14,18)(H,15,16). The van der Waals surface area contributed by atoms with Crippen LogP contribution in [0.15, 0.2) is 10.7 Å². The number of carbonyl (C=O) groups is 2. The van der Waals surface area contributed by atoms with Crippen LogP contribution < -0.4 is 5.32 Å². The number of aromatic nitrogens is 2. The Hall–Kier alpha value is -1.37. The summed E-state index contributed by atoms with van der Waals surface area (Å²) < 4.78 is 0.619. The van der Waals surface area contributed by atoms with E-state index in [-0.39, 0.29) is 23.8 Å². The van der Waals surface area contributed by atoms with Gasteiger partial charge in [0.2, 0.25) is 5.91 Å². The first-order valence-electron chi connectivity index (χ1n) is 6.44. The van der Waals surface area contributed by atoms with Gasteiger partial charge in [-0.25, -0.2) is 0 Å². The van der Waals surface area contributed by atoms with E-state index >= 15 is 0 Å². The third kappa shape index (κ3) is 2.80. The van der Waals surface area contributed by atoms with Crippen LogP contribution in [-0.4, -0.2) is 46.0 Å². The molecule has 7 heteroatoms. The van der Waals surface area contributed by atoms with E-state index in [1.165, 1.54) is 0 Å². The third-order valence-corrected chi connectivity index (χ3v) is 3.95. The molecular weight excluding hydrogens is 312 g/mol. The average Bonchev–Trinajstić information content (AvgIpc) is 3.00. The van der Waals surface area contributed by atoms with Crippen LogP contribution in [0.4, 0.5) is 0 Å². The number of carbonyl (C=O) groups excluding carboxylic acids is 2. The second kappa shape index (κ2) is 4.96. The summed E-state index contributed by atoms with van der Waals surface area (Å²) in [5.41, 5.74) is 0.473. The molecule has 0 bridgehead atoms. The van der Waals surface area contributed by atoms with Crippen LogP contribution in [0, 0.1) is 5.92 Å². The summed E-state index contributed by atoms with van der Waals surface area (Å²) >= 11 is 3.21. The number of H-pyrrole nitrogens is 1. The fraction of sp³-hybridized carbons (Fsp3) is 0.583. The van der Waals surface area contributed by atoms with Crippen molar-refractivity contribution in [2.24, 2.45) is 5.92 Å². The number of nitrogens with zero attached hydrogens (tertiary/aromatic N) is 2. The number of hydrogen-bond donors (Lipinski definition) is 2. The smallest absolute Gasteiger partial charge is 0.271 e. The van der Waals surface area contributed by atoms with Crippen LogP contribution in [0.25, 0.3) is 0 Å². The molecule has 2 aliphatic rings. The molecule has 1 aliphatic heterocycles. The second-order valence-electron chi connectivity index (χ2n) is 5.12. The molecule has 1 aliphatic carbocycles. The van der Waals surface area contributed by atoms with Crippen molar-refractivity contribution < 1.29 is 9.59 Å². The molecule has 1 saturated heterocycles. The summed E-state index contributed by atoms with van der Waals surface area (Å²) in [4.78, 5) is 25.6. The molecule has 2 heterocycles. The van der Waals surface area contributed by atoms with Gasteiger partial charge in [0, 0.05) is 31.1 Å². The Morgan fingerprint density at radius 3 is 2.84 bits per heavy atom. The van der Waals surface area contributed by atoms with Gasteiger partial charge in [0.05, 0.1) is 0 Å². The highest BCUT2D eigenvalue weighted by Crippen LogP contribution is 2.29. The fourth-order valence-electron chi connectivity index (χ4n) is 2.30. The third-order valence-electron chi connectivity index (χ3n) is 3.55. The van der Waals surface area contributed by atoms with Gasteiger partial charge in [-0.1, -0.05) is 0 Å². The van der Waals surface area contributed by atoms with E-state index in [2.05, 4.69) is 31.4 Å². The topological polar surface area (TPSA) is 78.1 Å².